The molecule has 0 aliphatic heterocycles. The number of benzene rings is 1. The Labute approximate surface area is 143 Å². The number of hydrogen-bond donors (Lipinski definition) is 4. The second-order valence-electron chi connectivity index (χ2n) is 5.27. The fourth-order valence-corrected chi connectivity index (χ4v) is 2.08. The molecule has 0 unspecified atom stereocenters. The van der Waals surface area contributed by atoms with Gasteiger partial charge in [-0.1, -0.05) is 0 Å². The van der Waals surface area contributed by atoms with E-state index in [1.54, 1.807) is 0 Å². The van der Waals surface area contributed by atoms with Crippen LogP contribution < -0.4 is 16.0 Å². The van der Waals surface area contributed by atoms with Crippen molar-refractivity contribution in [2.24, 2.45) is 0 Å². The third-order valence-electron chi connectivity index (χ3n) is 3.24. The molecule has 10 nitrogen and oxygen atoms in total. The van der Waals surface area contributed by atoms with Gasteiger partial charge in [0.15, 0.2) is 0 Å². The van der Waals surface area contributed by atoms with Crippen molar-refractivity contribution in [2.75, 3.05) is 11.9 Å². The lowest BCUT2D eigenvalue weighted by molar-refractivity contribution is -0.384. The van der Waals surface area contributed by atoms with E-state index in [1.807, 2.05) is 0 Å². The van der Waals surface area contributed by atoms with E-state index in [1.165, 1.54) is 31.2 Å². The monoisotopic (exact) mass is 352 g/mol. The molecule has 0 bridgehead atoms. The topological polar surface area (TPSA) is 151 Å². The van der Waals surface area contributed by atoms with Crippen molar-refractivity contribution in [1.82, 2.24) is 10.6 Å². The number of non-ortho nitro benzene ring substituents is 1. The number of anilines is 1. The molecule has 0 heterocycles. The molecule has 0 radical (unpaired) electrons. The zero-order valence-corrected chi connectivity index (χ0v) is 13.7. The number of hydrogen-bond acceptors (Lipinski definition) is 5. The van der Waals surface area contributed by atoms with E-state index in [2.05, 4.69) is 16.0 Å². The average molecular weight is 352 g/mol. The Morgan fingerprint density at radius 1 is 1.20 bits per heavy atom. The van der Waals surface area contributed by atoms with Crippen molar-refractivity contribution < 1.29 is 24.4 Å². The fourth-order valence-electron chi connectivity index (χ4n) is 2.08. The molecule has 1 aromatic rings. The summed E-state index contributed by atoms with van der Waals surface area (Å²) in [4.78, 5) is 43.9. The fraction of sp³-hybridized carbons (Fsp3) is 0.400. The summed E-state index contributed by atoms with van der Waals surface area (Å²) in [5, 5.41) is 26.4. The molecule has 0 fully saturated rings. The van der Waals surface area contributed by atoms with E-state index < -0.39 is 23.0 Å². The normalized spacial score (nSPS) is 11.2. The lowest BCUT2D eigenvalue weighted by Gasteiger charge is -2.17. The van der Waals surface area contributed by atoms with Gasteiger partial charge in [0.05, 0.1) is 4.92 Å². The third kappa shape index (κ3) is 7.77. The van der Waals surface area contributed by atoms with Crippen LogP contribution in [0.25, 0.3) is 0 Å². The lowest BCUT2D eigenvalue weighted by Crippen LogP contribution is -2.42. The van der Waals surface area contributed by atoms with Crippen LogP contribution >= 0.6 is 0 Å². The van der Waals surface area contributed by atoms with Gasteiger partial charge in [-0.25, -0.2) is 4.79 Å². The van der Waals surface area contributed by atoms with Gasteiger partial charge in [0.1, 0.15) is 6.04 Å². The molecule has 3 amide bonds. The number of nitro benzene ring substituents is 1. The van der Waals surface area contributed by atoms with Gasteiger partial charge in [0.2, 0.25) is 11.8 Å². The van der Waals surface area contributed by atoms with Gasteiger partial charge in [-0.15, -0.1) is 0 Å². The van der Waals surface area contributed by atoms with Crippen LogP contribution in [0.2, 0.25) is 0 Å². The van der Waals surface area contributed by atoms with Gasteiger partial charge < -0.3 is 21.1 Å². The minimum Gasteiger partial charge on any atom is -0.465 e. The maximum atomic E-state index is 12.3. The Morgan fingerprint density at radius 3 is 2.36 bits per heavy atom. The maximum absolute atomic E-state index is 12.3. The largest absolute Gasteiger partial charge is 0.465 e. The smallest absolute Gasteiger partial charge is 0.404 e. The number of rotatable bonds is 9. The van der Waals surface area contributed by atoms with Crippen LogP contribution in [0.4, 0.5) is 16.2 Å². The lowest BCUT2D eigenvalue weighted by atomic mass is 10.1. The first-order valence-corrected chi connectivity index (χ1v) is 7.59. The third-order valence-corrected chi connectivity index (χ3v) is 3.24. The minimum absolute atomic E-state index is 0.0951. The number of carboxylic acid groups (broad SMARTS) is 1. The minimum atomic E-state index is -1.12. The molecule has 0 spiro atoms. The Morgan fingerprint density at radius 2 is 1.84 bits per heavy atom. The average Bonchev–Trinajstić information content (AvgIpc) is 2.53. The van der Waals surface area contributed by atoms with Crippen molar-refractivity contribution in [3.05, 3.63) is 34.4 Å². The number of nitrogens with zero attached hydrogens (tertiary/aromatic N) is 1. The Kier molecular flexibility index (Phi) is 7.83. The number of carbonyl (C=O) groups excluding carboxylic acids is 2. The van der Waals surface area contributed by atoms with Gasteiger partial charge in [-0.2, -0.15) is 0 Å². The predicted octanol–water partition coefficient (Wildman–Crippen LogP) is 1.48. The highest BCUT2D eigenvalue weighted by Crippen LogP contribution is 2.16. The van der Waals surface area contributed by atoms with Crippen LogP contribution in [0.15, 0.2) is 24.3 Å². The van der Waals surface area contributed by atoms with Crippen molar-refractivity contribution >= 4 is 29.3 Å². The van der Waals surface area contributed by atoms with Gasteiger partial charge in [-0.3, -0.25) is 19.7 Å². The summed E-state index contributed by atoms with van der Waals surface area (Å²) in [5.41, 5.74) is 0.279. The number of carbonyl (C=O) groups is 3. The van der Waals surface area contributed by atoms with Crippen molar-refractivity contribution in [3.8, 4) is 0 Å². The summed E-state index contributed by atoms with van der Waals surface area (Å²) in [7, 11) is 0. The number of amides is 3. The second kappa shape index (κ2) is 9.85. The van der Waals surface area contributed by atoms with Gasteiger partial charge >= 0.3 is 6.09 Å². The summed E-state index contributed by atoms with van der Waals surface area (Å²) in [6, 6.07) is 4.55. The molecular formula is C15H20N4O6. The first-order valence-electron chi connectivity index (χ1n) is 7.59. The molecule has 1 rings (SSSR count). The van der Waals surface area contributed by atoms with Crippen LogP contribution in [0.1, 0.15) is 26.2 Å². The number of nitro groups is 1. The molecular weight excluding hydrogens is 332 g/mol. The SMILES string of the molecule is CC(=O)N[C@@H](CCCCNC(=O)O)C(=O)Nc1ccc([N+](=O)[O-])cc1. The highest BCUT2D eigenvalue weighted by Gasteiger charge is 2.19. The molecule has 1 aromatic carbocycles. The Bertz CT molecular complexity index is 631. The summed E-state index contributed by atoms with van der Waals surface area (Å²) in [6.45, 7) is 1.55. The zero-order valence-electron chi connectivity index (χ0n) is 13.7. The summed E-state index contributed by atoms with van der Waals surface area (Å²) in [6.07, 6.45) is 0.264. The molecule has 4 N–H and O–H groups in total. The van der Waals surface area contributed by atoms with Crippen molar-refractivity contribution in [3.63, 3.8) is 0 Å². The molecule has 0 saturated heterocycles. The van der Waals surface area contributed by atoms with Gasteiger partial charge in [0.25, 0.3) is 5.69 Å². The van der Waals surface area contributed by atoms with E-state index in [0.29, 0.717) is 24.9 Å². The van der Waals surface area contributed by atoms with Gasteiger partial charge in [0, 0.05) is 31.3 Å². The first-order chi connectivity index (χ1) is 11.8. The van der Waals surface area contributed by atoms with Crippen LogP contribution in [-0.4, -0.2) is 40.5 Å². The molecule has 25 heavy (non-hydrogen) atoms. The Balaban J connectivity index is 2.58. The van der Waals surface area contributed by atoms with Gasteiger partial charge in [-0.05, 0) is 31.4 Å². The summed E-state index contributed by atoms with van der Waals surface area (Å²) in [5.74, 6) is -0.817. The van der Waals surface area contributed by atoms with Crippen LogP contribution in [0, 0.1) is 10.1 Å². The highest BCUT2D eigenvalue weighted by molar-refractivity contribution is 5.96. The molecule has 10 heteroatoms. The Hall–Kier alpha value is -3.17. The van der Waals surface area contributed by atoms with Crippen molar-refractivity contribution in [2.45, 2.75) is 32.2 Å². The van der Waals surface area contributed by atoms with E-state index >= 15 is 0 Å². The molecule has 0 aliphatic carbocycles. The van der Waals surface area contributed by atoms with Crippen molar-refractivity contribution in [1.29, 1.82) is 0 Å². The van der Waals surface area contributed by atoms with E-state index in [4.69, 9.17) is 5.11 Å². The molecule has 0 aliphatic rings. The molecule has 136 valence electrons. The standard InChI is InChI=1S/C15H20N4O6/c1-10(20)17-13(4-2-3-9-16-15(22)23)14(21)18-11-5-7-12(8-6-11)19(24)25/h5-8,13,16H,2-4,9H2,1H3,(H,17,20)(H,18,21)(H,22,23)/t13-/m0/s1. The van der Waals surface area contributed by atoms with E-state index in [-0.39, 0.29) is 18.1 Å². The quantitative estimate of drug-likeness (QED) is 0.300. The van der Waals surface area contributed by atoms with E-state index in [0.717, 1.165) is 0 Å². The highest BCUT2D eigenvalue weighted by atomic mass is 16.6. The predicted molar refractivity (Wildman–Crippen MR) is 89.2 cm³/mol. The molecule has 0 saturated carbocycles. The zero-order chi connectivity index (χ0) is 18.8. The maximum Gasteiger partial charge on any atom is 0.404 e. The summed E-state index contributed by atoms with van der Waals surface area (Å²) >= 11 is 0. The second-order valence-corrected chi connectivity index (χ2v) is 5.27. The molecule has 1 atom stereocenters. The summed E-state index contributed by atoms with van der Waals surface area (Å²) < 4.78 is 0. The molecule has 0 aromatic heterocycles. The van der Waals surface area contributed by atoms with Crippen LogP contribution in [0.5, 0.6) is 0 Å². The first kappa shape index (κ1) is 19.9. The van der Waals surface area contributed by atoms with E-state index in [9.17, 15) is 24.5 Å². The van der Waals surface area contributed by atoms with Crippen LogP contribution in [0.3, 0.4) is 0 Å². The number of nitrogens with one attached hydrogen (secondary N) is 3. The number of unbranched alkanes of at least 4 members (excludes halogenated alkanes) is 1. The van der Waals surface area contributed by atoms with Crippen LogP contribution in [-0.2, 0) is 9.59 Å².